The van der Waals surface area contributed by atoms with Crippen LogP contribution in [0.4, 0.5) is 0 Å². The Bertz CT molecular complexity index is 963. The first-order valence-corrected chi connectivity index (χ1v) is 17.5. The summed E-state index contributed by atoms with van der Waals surface area (Å²) in [6.45, 7) is 6.81. The van der Waals surface area contributed by atoms with Gasteiger partial charge in [0.05, 0.1) is 25.1 Å². The van der Waals surface area contributed by atoms with Gasteiger partial charge in [0.25, 0.3) is 0 Å². The molecule has 7 nitrogen and oxygen atoms in total. The van der Waals surface area contributed by atoms with Crippen LogP contribution in [0, 0.1) is 46.3 Å². The Balaban J connectivity index is 1.52. The molecule has 0 bridgehead atoms. The van der Waals surface area contributed by atoms with Crippen LogP contribution in [0.2, 0.25) is 0 Å². The van der Waals surface area contributed by atoms with E-state index in [1.54, 1.807) is 11.4 Å². The number of sulfonamides is 1. The zero-order valence-electron chi connectivity index (χ0n) is 23.9. The highest BCUT2D eigenvalue weighted by Crippen LogP contribution is 2.68. The lowest BCUT2D eigenvalue weighted by Gasteiger charge is -2.64. The summed E-state index contributed by atoms with van der Waals surface area (Å²) in [7, 11) is -0.140. The van der Waals surface area contributed by atoms with Crippen LogP contribution in [0.5, 0.6) is 0 Å². The number of ether oxygens (including phenoxy) is 1. The first kappa shape index (κ1) is 30.7. The summed E-state index contributed by atoms with van der Waals surface area (Å²) in [4.78, 5) is 11.8. The molecule has 0 amide bonds. The summed E-state index contributed by atoms with van der Waals surface area (Å²) in [6.07, 6.45) is 6.91. The van der Waals surface area contributed by atoms with Gasteiger partial charge in [0, 0.05) is 24.8 Å². The van der Waals surface area contributed by atoms with E-state index < -0.39 is 22.2 Å². The number of hydrogen-bond donors (Lipinski definition) is 2. The van der Waals surface area contributed by atoms with E-state index in [1.165, 1.54) is 7.11 Å². The number of carbonyl (C=O) groups is 1. The van der Waals surface area contributed by atoms with Crippen molar-refractivity contribution in [3.63, 3.8) is 0 Å². The van der Waals surface area contributed by atoms with Crippen molar-refractivity contribution in [2.75, 3.05) is 25.2 Å². The molecule has 4 aliphatic carbocycles. The van der Waals surface area contributed by atoms with Crippen molar-refractivity contribution in [3.05, 3.63) is 0 Å². The van der Waals surface area contributed by atoms with Crippen molar-refractivity contribution in [1.82, 2.24) is 4.31 Å². The minimum Gasteiger partial charge on any atom is -0.469 e. The van der Waals surface area contributed by atoms with Gasteiger partial charge in [-0.1, -0.05) is 36.7 Å². The van der Waals surface area contributed by atoms with Crippen LogP contribution in [0.25, 0.3) is 0 Å². The van der Waals surface area contributed by atoms with E-state index in [4.69, 9.17) is 4.74 Å². The first-order chi connectivity index (χ1) is 17.8. The fourth-order valence-electron chi connectivity index (χ4n) is 9.72. The third kappa shape index (κ3) is 5.25. The molecule has 0 aromatic carbocycles. The fourth-order valence-corrected chi connectivity index (χ4v) is 11.8. The molecule has 4 aliphatic rings. The average molecular weight is 621 g/mol. The highest BCUT2D eigenvalue weighted by atomic mass is 79.9. The SMILES string of the molecule is COC(=O)CC[C@@H](C)[C@H]1CC[C@H]2[C@@H]3[C@H](O)C[C@@H]4C[C@H](N(C)S(=O)(=O)CCCBr)CC[C@]4(C)[C@H]3C[C@H](O)[C@]12C. The predicted molar refractivity (Wildman–Crippen MR) is 152 cm³/mol. The number of rotatable bonds is 9. The molecule has 0 aliphatic heterocycles. The van der Waals surface area contributed by atoms with Gasteiger partial charge < -0.3 is 14.9 Å². The summed E-state index contributed by atoms with van der Waals surface area (Å²) in [5.41, 5.74) is -0.264. The number of halogens is 1. The summed E-state index contributed by atoms with van der Waals surface area (Å²) < 4.78 is 32.3. The van der Waals surface area contributed by atoms with Crippen LogP contribution in [0.15, 0.2) is 0 Å². The quantitative estimate of drug-likeness (QED) is 0.289. The highest BCUT2D eigenvalue weighted by Gasteiger charge is 2.65. The number of carbonyl (C=O) groups excluding carboxylic acids is 1. The normalized spacial score (nSPS) is 43.7. The molecule has 9 heteroatoms. The molecule has 0 radical (unpaired) electrons. The van der Waals surface area contributed by atoms with Gasteiger partial charge in [-0.3, -0.25) is 4.79 Å². The van der Waals surface area contributed by atoms with E-state index in [9.17, 15) is 23.4 Å². The van der Waals surface area contributed by atoms with Crippen molar-refractivity contribution in [2.24, 2.45) is 46.3 Å². The second-order valence-corrected chi connectivity index (χ2v) is 16.4. The zero-order valence-corrected chi connectivity index (χ0v) is 26.3. The number of fused-ring (bicyclic) bond motifs is 5. The van der Waals surface area contributed by atoms with Crippen molar-refractivity contribution >= 4 is 31.9 Å². The van der Waals surface area contributed by atoms with Gasteiger partial charge in [-0.15, -0.1) is 0 Å². The van der Waals surface area contributed by atoms with Gasteiger partial charge >= 0.3 is 5.97 Å². The number of nitrogens with zero attached hydrogens (tertiary/aromatic N) is 1. The lowest BCUT2D eigenvalue weighted by atomic mass is 9.43. The van der Waals surface area contributed by atoms with Gasteiger partial charge in [0.15, 0.2) is 0 Å². The third-order valence-electron chi connectivity index (χ3n) is 12.0. The maximum absolute atomic E-state index is 12.9. The van der Waals surface area contributed by atoms with Crippen LogP contribution in [0.1, 0.15) is 85.0 Å². The largest absolute Gasteiger partial charge is 0.469 e. The standard InChI is InChI=1S/C29H50BrNO6S/c1-18(7-10-26(34)37-5)21-8-9-22-27-23(17-25(33)29(21,22)3)28(2)12-11-20(15-19(28)16-24(27)32)31(4)38(35,36)14-6-13-30/h18-25,27,32-33H,6-17H2,1-5H3/t18-,19+,20-,21-,22+,23+,24-,25+,27+,28+,29-/m1/s1. The monoisotopic (exact) mass is 619 g/mol. The molecule has 0 aromatic heterocycles. The molecule has 4 saturated carbocycles. The van der Waals surface area contributed by atoms with Crippen LogP contribution in [0.3, 0.4) is 0 Å². The molecular weight excluding hydrogens is 570 g/mol. The molecule has 0 spiro atoms. The van der Waals surface area contributed by atoms with Gasteiger partial charge in [-0.05, 0) is 104 Å². The molecule has 2 N–H and O–H groups in total. The van der Waals surface area contributed by atoms with Gasteiger partial charge in [-0.2, -0.15) is 0 Å². The molecule has 38 heavy (non-hydrogen) atoms. The van der Waals surface area contributed by atoms with E-state index in [-0.39, 0.29) is 52.3 Å². The molecule has 4 fully saturated rings. The topological polar surface area (TPSA) is 104 Å². The Morgan fingerprint density at radius 2 is 1.84 bits per heavy atom. The first-order valence-electron chi connectivity index (χ1n) is 14.8. The Hall–Kier alpha value is -0.220. The Labute approximate surface area is 238 Å². The second-order valence-electron chi connectivity index (χ2n) is 13.5. The van der Waals surface area contributed by atoms with E-state index in [2.05, 4.69) is 36.7 Å². The maximum Gasteiger partial charge on any atom is 0.305 e. The average Bonchev–Trinajstić information content (AvgIpc) is 3.24. The van der Waals surface area contributed by atoms with Gasteiger partial charge in [0.1, 0.15) is 0 Å². The molecule has 220 valence electrons. The van der Waals surface area contributed by atoms with E-state index in [0.29, 0.717) is 42.8 Å². The number of hydrogen-bond acceptors (Lipinski definition) is 6. The molecular formula is C29H50BrNO6S. The lowest BCUT2D eigenvalue weighted by molar-refractivity contribution is -0.203. The minimum atomic E-state index is -3.30. The Morgan fingerprint density at radius 1 is 1.13 bits per heavy atom. The minimum absolute atomic E-state index is 0.00223. The molecule has 0 unspecified atom stereocenters. The van der Waals surface area contributed by atoms with E-state index in [1.807, 2.05) is 0 Å². The molecule has 4 rings (SSSR count). The summed E-state index contributed by atoms with van der Waals surface area (Å²) in [5, 5.41) is 24.1. The number of aliphatic hydroxyl groups is 2. The van der Waals surface area contributed by atoms with Crippen LogP contribution in [-0.2, 0) is 19.6 Å². The lowest BCUT2D eigenvalue weighted by Crippen LogP contribution is -2.63. The van der Waals surface area contributed by atoms with Crippen LogP contribution >= 0.6 is 15.9 Å². The number of methoxy groups -OCH3 is 1. The summed E-state index contributed by atoms with van der Waals surface area (Å²) in [5.74, 6) is 1.52. The number of alkyl halides is 1. The van der Waals surface area contributed by atoms with Crippen molar-refractivity contribution in [1.29, 1.82) is 0 Å². The predicted octanol–water partition coefficient (Wildman–Crippen LogP) is 4.59. The Kier molecular flexibility index (Phi) is 9.36. The number of esters is 1. The third-order valence-corrected chi connectivity index (χ3v) is 14.6. The van der Waals surface area contributed by atoms with Crippen LogP contribution < -0.4 is 0 Å². The van der Waals surface area contributed by atoms with E-state index in [0.717, 1.165) is 38.5 Å². The van der Waals surface area contributed by atoms with Gasteiger partial charge in [0.2, 0.25) is 10.0 Å². The van der Waals surface area contributed by atoms with Crippen molar-refractivity contribution < 1.29 is 28.2 Å². The zero-order chi connectivity index (χ0) is 28.0. The van der Waals surface area contributed by atoms with E-state index >= 15 is 0 Å². The highest BCUT2D eigenvalue weighted by molar-refractivity contribution is 9.09. The molecule has 0 heterocycles. The van der Waals surface area contributed by atoms with Crippen molar-refractivity contribution in [2.45, 2.75) is 103 Å². The molecule has 0 saturated heterocycles. The fraction of sp³-hybridized carbons (Fsp3) is 0.966. The number of aliphatic hydroxyl groups excluding tert-OH is 2. The Morgan fingerprint density at radius 3 is 2.50 bits per heavy atom. The van der Waals surface area contributed by atoms with Crippen LogP contribution in [-0.4, -0.2) is 72.4 Å². The summed E-state index contributed by atoms with van der Waals surface area (Å²) in [6, 6.07) is -0.0255. The second kappa shape index (κ2) is 11.6. The molecule has 0 aromatic rings. The van der Waals surface area contributed by atoms with Gasteiger partial charge in [-0.25, -0.2) is 12.7 Å². The maximum atomic E-state index is 12.9. The van der Waals surface area contributed by atoms with Crippen molar-refractivity contribution in [3.8, 4) is 0 Å². The molecule has 11 atom stereocenters. The smallest absolute Gasteiger partial charge is 0.305 e. The summed E-state index contributed by atoms with van der Waals surface area (Å²) >= 11 is 3.34.